The first-order valence-corrected chi connectivity index (χ1v) is 7.60. The standard InChI is InChI=1S/C15H17N3O3S/c1-4-12(20)17-15-16-7-11(22-15)14(21)18-13-8(2)5-6-10(19)9(13)3/h5-7,19H,4H2,1-3H3,(H,18,21)(H,16,17,20). The van der Waals surface area contributed by atoms with Gasteiger partial charge in [-0.15, -0.1) is 0 Å². The van der Waals surface area contributed by atoms with Gasteiger partial charge in [0.1, 0.15) is 10.6 Å². The maximum absolute atomic E-state index is 12.3. The normalized spacial score (nSPS) is 10.3. The van der Waals surface area contributed by atoms with E-state index in [9.17, 15) is 14.7 Å². The zero-order valence-electron chi connectivity index (χ0n) is 12.6. The smallest absolute Gasteiger partial charge is 0.267 e. The molecule has 22 heavy (non-hydrogen) atoms. The van der Waals surface area contributed by atoms with Crippen molar-refractivity contribution in [1.82, 2.24) is 4.98 Å². The van der Waals surface area contributed by atoms with Gasteiger partial charge >= 0.3 is 0 Å². The predicted molar refractivity (Wildman–Crippen MR) is 86.6 cm³/mol. The summed E-state index contributed by atoms with van der Waals surface area (Å²) in [6.07, 6.45) is 1.77. The van der Waals surface area contributed by atoms with Gasteiger partial charge in [0.05, 0.1) is 11.9 Å². The molecule has 0 saturated heterocycles. The van der Waals surface area contributed by atoms with Gasteiger partial charge in [0.2, 0.25) is 5.91 Å². The van der Waals surface area contributed by atoms with Crippen LogP contribution in [0.25, 0.3) is 0 Å². The lowest BCUT2D eigenvalue weighted by Crippen LogP contribution is -2.12. The molecule has 116 valence electrons. The maximum atomic E-state index is 12.3. The number of carbonyl (C=O) groups excluding carboxylic acids is 2. The van der Waals surface area contributed by atoms with Gasteiger partial charge in [0, 0.05) is 12.0 Å². The van der Waals surface area contributed by atoms with Crippen LogP contribution in [0.3, 0.4) is 0 Å². The van der Waals surface area contributed by atoms with Crippen LogP contribution in [0.5, 0.6) is 5.75 Å². The third-order valence-corrected chi connectivity index (χ3v) is 4.09. The second kappa shape index (κ2) is 6.57. The quantitative estimate of drug-likeness (QED) is 0.807. The summed E-state index contributed by atoms with van der Waals surface area (Å²) in [7, 11) is 0. The third-order valence-electron chi connectivity index (χ3n) is 3.18. The number of aromatic nitrogens is 1. The monoisotopic (exact) mass is 319 g/mol. The zero-order valence-corrected chi connectivity index (χ0v) is 13.4. The van der Waals surface area contributed by atoms with E-state index in [0.717, 1.165) is 16.9 Å². The summed E-state index contributed by atoms with van der Waals surface area (Å²) >= 11 is 1.10. The topological polar surface area (TPSA) is 91.3 Å². The minimum atomic E-state index is -0.328. The molecule has 1 heterocycles. The van der Waals surface area contributed by atoms with Crippen LogP contribution in [0.2, 0.25) is 0 Å². The number of aromatic hydroxyl groups is 1. The molecule has 7 heteroatoms. The Kier molecular flexibility index (Phi) is 4.77. The number of rotatable bonds is 4. The van der Waals surface area contributed by atoms with Gasteiger partial charge in [0.25, 0.3) is 5.91 Å². The van der Waals surface area contributed by atoms with E-state index >= 15 is 0 Å². The van der Waals surface area contributed by atoms with E-state index in [1.807, 2.05) is 6.92 Å². The number of carbonyl (C=O) groups is 2. The molecule has 0 spiro atoms. The summed E-state index contributed by atoms with van der Waals surface area (Å²) in [6, 6.07) is 3.32. The van der Waals surface area contributed by atoms with Gasteiger partial charge < -0.3 is 15.7 Å². The van der Waals surface area contributed by atoms with E-state index in [2.05, 4.69) is 15.6 Å². The first kappa shape index (κ1) is 16.0. The molecule has 0 saturated carbocycles. The summed E-state index contributed by atoms with van der Waals surface area (Å²) in [6.45, 7) is 5.32. The lowest BCUT2D eigenvalue weighted by Gasteiger charge is -2.11. The second-order valence-electron chi connectivity index (χ2n) is 4.79. The Morgan fingerprint density at radius 2 is 2.00 bits per heavy atom. The summed E-state index contributed by atoms with van der Waals surface area (Å²) < 4.78 is 0. The number of nitrogens with zero attached hydrogens (tertiary/aromatic N) is 1. The van der Waals surface area contributed by atoms with Crippen molar-refractivity contribution in [1.29, 1.82) is 0 Å². The number of benzene rings is 1. The van der Waals surface area contributed by atoms with E-state index in [0.29, 0.717) is 27.7 Å². The number of hydrogen-bond acceptors (Lipinski definition) is 5. The summed E-state index contributed by atoms with van der Waals surface area (Å²) in [4.78, 5) is 28.0. The van der Waals surface area contributed by atoms with Crippen molar-refractivity contribution < 1.29 is 14.7 Å². The van der Waals surface area contributed by atoms with Crippen molar-refractivity contribution >= 4 is 34.0 Å². The fourth-order valence-electron chi connectivity index (χ4n) is 1.85. The van der Waals surface area contributed by atoms with Gasteiger partial charge in [-0.3, -0.25) is 9.59 Å². The van der Waals surface area contributed by atoms with Crippen LogP contribution in [-0.2, 0) is 4.79 Å². The molecule has 0 aliphatic heterocycles. The summed E-state index contributed by atoms with van der Waals surface area (Å²) in [5.41, 5.74) is 2.04. The number of hydrogen-bond donors (Lipinski definition) is 3. The van der Waals surface area contributed by atoms with Gasteiger partial charge in [0.15, 0.2) is 5.13 Å². The molecular weight excluding hydrogens is 302 g/mol. The van der Waals surface area contributed by atoms with Crippen LogP contribution in [-0.4, -0.2) is 21.9 Å². The molecule has 1 aromatic carbocycles. The molecule has 1 aromatic heterocycles. The molecule has 0 unspecified atom stereocenters. The summed E-state index contributed by atoms with van der Waals surface area (Å²) in [5.74, 6) is -0.353. The zero-order chi connectivity index (χ0) is 16.3. The first-order valence-electron chi connectivity index (χ1n) is 6.78. The number of phenols is 1. The number of aryl methyl sites for hydroxylation is 1. The largest absolute Gasteiger partial charge is 0.508 e. The number of amides is 2. The van der Waals surface area contributed by atoms with Gasteiger partial charge in [-0.1, -0.05) is 24.3 Å². The Hall–Kier alpha value is -2.41. The molecule has 0 aliphatic carbocycles. The minimum Gasteiger partial charge on any atom is -0.508 e. The maximum Gasteiger partial charge on any atom is 0.267 e. The van der Waals surface area contributed by atoms with E-state index in [4.69, 9.17) is 0 Å². The van der Waals surface area contributed by atoms with Crippen LogP contribution < -0.4 is 10.6 Å². The van der Waals surface area contributed by atoms with Crippen LogP contribution in [0, 0.1) is 13.8 Å². The van der Waals surface area contributed by atoms with E-state index in [-0.39, 0.29) is 17.6 Å². The molecule has 0 fully saturated rings. The highest BCUT2D eigenvalue weighted by molar-refractivity contribution is 7.17. The first-order chi connectivity index (χ1) is 10.4. The number of nitrogens with one attached hydrogen (secondary N) is 2. The van der Waals surface area contributed by atoms with E-state index in [1.54, 1.807) is 26.0 Å². The Balaban J connectivity index is 2.17. The van der Waals surface area contributed by atoms with Crippen LogP contribution in [0.4, 0.5) is 10.8 Å². The molecule has 0 aliphatic rings. The fraction of sp³-hybridized carbons (Fsp3) is 0.267. The van der Waals surface area contributed by atoms with Crippen LogP contribution >= 0.6 is 11.3 Å². The molecule has 2 aromatic rings. The van der Waals surface area contributed by atoms with Crippen molar-refractivity contribution in [2.24, 2.45) is 0 Å². The Bertz CT molecular complexity index is 725. The number of thiazole rings is 1. The lowest BCUT2D eigenvalue weighted by molar-refractivity contribution is -0.115. The van der Waals surface area contributed by atoms with Crippen molar-refractivity contribution in [3.05, 3.63) is 34.3 Å². The predicted octanol–water partition coefficient (Wildman–Crippen LogP) is 3.07. The van der Waals surface area contributed by atoms with Gasteiger partial charge in [-0.25, -0.2) is 4.98 Å². The van der Waals surface area contributed by atoms with Gasteiger partial charge in [-0.05, 0) is 25.5 Å². The summed E-state index contributed by atoms with van der Waals surface area (Å²) in [5, 5.41) is 15.5. The molecule has 0 atom stereocenters. The van der Waals surface area contributed by atoms with Crippen molar-refractivity contribution in [2.45, 2.75) is 27.2 Å². The molecule has 6 nitrogen and oxygen atoms in total. The third kappa shape index (κ3) is 3.43. The highest BCUT2D eigenvalue weighted by atomic mass is 32.1. The Labute approximate surface area is 132 Å². The average molecular weight is 319 g/mol. The second-order valence-corrected chi connectivity index (χ2v) is 5.82. The highest BCUT2D eigenvalue weighted by Gasteiger charge is 2.15. The van der Waals surface area contributed by atoms with Crippen LogP contribution in [0.15, 0.2) is 18.3 Å². The number of anilines is 2. The van der Waals surface area contributed by atoms with Crippen molar-refractivity contribution in [2.75, 3.05) is 10.6 Å². The van der Waals surface area contributed by atoms with Crippen molar-refractivity contribution in [3.63, 3.8) is 0 Å². The average Bonchev–Trinajstić information content (AvgIpc) is 2.95. The molecule has 2 rings (SSSR count). The molecule has 3 N–H and O–H groups in total. The van der Waals surface area contributed by atoms with Crippen LogP contribution in [0.1, 0.15) is 34.1 Å². The highest BCUT2D eigenvalue weighted by Crippen LogP contribution is 2.29. The molecule has 0 bridgehead atoms. The molecule has 0 radical (unpaired) electrons. The molecule has 2 amide bonds. The van der Waals surface area contributed by atoms with Gasteiger partial charge in [-0.2, -0.15) is 0 Å². The van der Waals surface area contributed by atoms with E-state index < -0.39 is 0 Å². The fourth-order valence-corrected chi connectivity index (χ4v) is 2.58. The minimum absolute atomic E-state index is 0.126. The SMILES string of the molecule is CCC(=O)Nc1ncc(C(=O)Nc2c(C)ccc(O)c2C)s1. The number of phenolic OH excluding ortho intramolecular Hbond substituents is 1. The van der Waals surface area contributed by atoms with E-state index in [1.165, 1.54) is 6.20 Å². The molecular formula is C15H17N3O3S. The lowest BCUT2D eigenvalue weighted by atomic mass is 10.1. The Morgan fingerprint density at radius 1 is 1.27 bits per heavy atom. The van der Waals surface area contributed by atoms with Crippen molar-refractivity contribution in [3.8, 4) is 5.75 Å². The Morgan fingerprint density at radius 3 is 2.68 bits per heavy atom.